The van der Waals surface area contributed by atoms with Crippen molar-refractivity contribution in [3.63, 3.8) is 0 Å². The highest BCUT2D eigenvalue weighted by Gasteiger charge is 2.22. The van der Waals surface area contributed by atoms with Gasteiger partial charge in [-0.2, -0.15) is 0 Å². The standard InChI is InChI=1S/C10H18N2/c1-10(2,3)7-4-5-8(11)9(12)6-7/h4-5,9H,6,11-12H2,1-3H3. The monoisotopic (exact) mass is 166 g/mol. The number of rotatable bonds is 0. The van der Waals surface area contributed by atoms with E-state index in [9.17, 15) is 0 Å². The molecule has 0 radical (unpaired) electrons. The van der Waals surface area contributed by atoms with E-state index in [0.29, 0.717) is 0 Å². The zero-order valence-electron chi connectivity index (χ0n) is 8.09. The third-order valence-electron chi connectivity index (χ3n) is 2.31. The van der Waals surface area contributed by atoms with E-state index in [1.54, 1.807) is 0 Å². The molecule has 4 N–H and O–H groups in total. The molecule has 1 rings (SSSR count). The molecule has 0 fully saturated rings. The van der Waals surface area contributed by atoms with Crippen molar-refractivity contribution in [1.82, 2.24) is 0 Å². The summed E-state index contributed by atoms with van der Waals surface area (Å²) in [6.45, 7) is 6.59. The van der Waals surface area contributed by atoms with Crippen molar-refractivity contribution in [2.24, 2.45) is 16.9 Å². The molecule has 0 bridgehead atoms. The molecule has 0 amide bonds. The summed E-state index contributed by atoms with van der Waals surface area (Å²) in [5.41, 5.74) is 13.9. The van der Waals surface area contributed by atoms with Crippen molar-refractivity contribution in [2.45, 2.75) is 33.2 Å². The number of nitrogens with two attached hydrogens (primary N) is 2. The molecular formula is C10H18N2. The first-order valence-electron chi connectivity index (χ1n) is 4.33. The van der Waals surface area contributed by atoms with Crippen LogP contribution in [0.3, 0.4) is 0 Å². The molecule has 1 atom stereocenters. The molecule has 1 aliphatic rings. The van der Waals surface area contributed by atoms with E-state index in [1.165, 1.54) is 5.57 Å². The highest BCUT2D eigenvalue weighted by atomic mass is 14.7. The van der Waals surface area contributed by atoms with E-state index in [0.717, 1.165) is 12.1 Å². The van der Waals surface area contributed by atoms with Crippen LogP contribution in [0.1, 0.15) is 27.2 Å². The zero-order valence-corrected chi connectivity index (χ0v) is 8.09. The highest BCUT2D eigenvalue weighted by Crippen LogP contribution is 2.31. The first-order valence-corrected chi connectivity index (χ1v) is 4.33. The SMILES string of the molecule is CC(C)(C)C1=CC=C(N)C(N)C1. The summed E-state index contributed by atoms with van der Waals surface area (Å²) in [5.74, 6) is 0. The predicted octanol–water partition coefficient (Wildman–Crippen LogP) is 1.53. The average molecular weight is 166 g/mol. The van der Waals surface area contributed by atoms with Crippen LogP contribution in [0.15, 0.2) is 23.4 Å². The van der Waals surface area contributed by atoms with Gasteiger partial charge in [0.15, 0.2) is 0 Å². The molecule has 0 aromatic heterocycles. The molecule has 12 heavy (non-hydrogen) atoms. The molecule has 0 saturated carbocycles. The Hall–Kier alpha value is -0.760. The second-order valence-corrected chi connectivity index (χ2v) is 4.42. The molecule has 68 valence electrons. The Morgan fingerprint density at radius 2 is 1.92 bits per heavy atom. The molecule has 2 nitrogen and oxygen atoms in total. The summed E-state index contributed by atoms with van der Waals surface area (Å²) >= 11 is 0. The summed E-state index contributed by atoms with van der Waals surface area (Å²) < 4.78 is 0. The molecule has 0 aromatic carbocycles. The first kappa shape index (κ1) is 9.33. The fraction of sp³-hybridized carbons (Fsp3) is 0.600. The maximum atomic E-state index is 5.83. The Bertz CT molecular complexity index is 231. The molecule has 1 aliphatic carbocycles. The lowest BCUT2D eigenvalue weighted by Crippen LogP contribution is -2.32. The minimum Gasteiger partial charge on any atom is -0.401 e. The summed E-state index contributed by atoms with van der Waals surface area (Å²) in [7, 11) is 0. The number of hydrogen-bond acceptors (Lipinski definition) is 2. The van der Waals surface area contributed by atoms with Crippen molar-refractivity contribution in [3.05, 3.63) is 23.4 Å². The van der Waals surface area contributed by atoms with Crippen molar-refractivity contribution < 1.29 is 0 Å². The van der Waals surface area contributed by atoms with Crippen LogP contribution in [0.4, 0.5) is 0 Å². The summed E-state index contributed by atoms with van der Waals surface area (Å²) in [6, 6.07) is 0.0178. The molecule has 0 aromatic rings. The third-order valence-corrected chi connectivity index (χ3v) is 2.31. The Morgan fingerprint density at radius 1 is 1.33 bits per heavy atom. The van der Waals surface area contributed by atoms with Crippen molar-refractivity contribution >= 4 is 0 Å². The van der Waals surface area contributed by atoms with E-state index in [4.69, 9.17) is 11.5 Å². The van der Waals surface area contributed by atoms with E-state index in [-0.39, 0.29) is 11.5 Å². The fourth-order valence-corrected chi connectivity index (χ4v) is 1.30. The number of allylic oxidation sites excluding steroid dienone is 2. The minimum absolute atomic E-state index is 0.0178. The van der Waals surface area contributed by atoms with Gasteiger partial charge in [0.05, 0.1) is 0 Å². The largest absolute Gasteiger partial charge is 0.401 e. The molecule has 0 saturated heterocycles. The van der Waals surface area contributed by atoms with Gasteiger partial charge in [-0.05, 0) is 17.9 Å². The van der Waals surface area contributed by atoms with E-state index in [2.05, 4.69) is 26.8 Å². The fourth-order valence-electron chi connectivity index (χ4n) is 1.30. The normalized spacial score (nSPS) is 24.8. The minimum atomic E-state index is 0.0178. The van der Waals surface area contributed by atoms with Gasteiger partial charge in [-0.1, -0.05) is 32.4 Å². The van der Waals surface area contributed by atoms with Gasteiger partial charge in [-0.3, -0.25) is 0 Å². The van der Waals surface area contributed by atoms with Crippen LogP contribution in [0.2, 0.25) is 0 Å². The molecule has 2 heteroatoms. The lowest BCUT2D eigenvalue weighted by atomic mass is 9.80. The Morgan fingerprint density at radius 3 is 2.33 bits per heavy atom. The van der Waals surface area contributed by atoms with Crippen LogP contribution in [0, 0.1) is 5.41 Å². The van der Waals surface area contributed by atoms with Crippen LogP contribution >= 0.6 is 0 Å². The van der Waals surface area contributed by atoms with Gasteiger partial charge in [0.25, 0.3) is 0 Å². The third kappa shape index (κ3) is 1.89. The molecule has 0 aliphatic heterocycles. The van der Waals surface area contributed by atoms with E-state index in [1.807, 2.05) is 6.08 Å². The summed E-state index contributed by atoms with van der Waals surface area (Å²) in [6.07, 6.45) is 4.92. The Balaban J connectivity index is 2.84. The predicted molar refractivity (Wildman–Crippen MR) is 52.4 cm³/mol. The van der Waals surface area contributed by atoms with Gasteiger partial charge in [0, 0.05) is 11.7 Å². The van der Waals surface area contributed by atoms with Crippen LogP contribution in [-0.2, 0) is 0 Å². The van der Waals surface area contributed by atoms with Crippen LogP contribution in [0.5, 0.6) is 0 Å². The van der Waals surface area contributed by atoms with Crippen molar-refractivity contribution in [3.8, 4) is 0 Å². The van der Waals surface area contributed by atoms with Crippen molar-refractivity contribution in [1.29, 1.82) is 0 Å². The van der Waals surface area contributed by atoms with E-state index >= 15 is 0 Å². The van der Waals surface area contributed by atoms with Crippen molar-refractivity contribution in [2.75, 3.05) is 0 Å². The maximum Gasteiger partial charge on any atom is 0.0480 e. The van der Waals surface area contributed by atoms with Crippen LogP contribution < -0.4 is 11.5 Å². The first-order chi connectivity index (χ1) is 5.41. The van der Waals surface area contributed by atoms with Gasteiger partial charge in [-0.15, -0.1) is 0 Å². The van der Waals surface area contributed by atoms with Gasteiger partial charge in [-0.25, -0.2) is 0 Å². The molecule has 0 spiro atoms. The zero-order chi connectivity index (χ0) is 9.35. The summed E-state index contributed by atoms with van der Waals surface area (Å²) in [5, 5.41) is 0. The topological polar surface area (TPSA) is 52.0 Å². The molecule has 0 heterocycles. The second-order valence-electron chi connectivity index (χ2n) is 4.42. The molecular weight excluding hydrogens is 148 g/mol. The lowest BCUT2D eigenvalue weighted by molar-refractivity contribution is 0.468. The van der Waals surface area contributed by atoms with Crippen LogP contribution in [0.25, 0.3) is 0 Å². The van der Waals surface area contributed by atoms with Crippen LogP contribution in [-0.4, -0.2) is 6.04 Å². The lowest BCUT2D eigenvalue weighted by Gasteiger charge is -2.28. The maximum absolute atomic E-state index is 5.83. The average Bonchev–Trinajstić information content (AvgIpc) is 1.92. The van der Waals surface area contributed by atoms with Gasteiger partial charge < -0.3 is 11.5 Å². The Kier molecular flexibility index (Phi) is 2.29. The summed E-state index contributed by atoms with van der Waals surface area (Å²) in [4.78, 5) is 0. The van der Waals surface area contributed by atoms with Gasteiger partial charge in [0.1, 0.15) is 0 Å². The molecule has 1 unspecified atom stereocenters. The quantitative estimate of drug-likeness (QED) is 0.573. The second kappa shape index (κ2) is 2.94. The smallest absolute Gasteiger partial charge is 0.0480 e. The van der Waals surface area contributed by atoms with Gasteiger partial charge in [0.2, 0.25) is 0 Å². The number of hydrogen-bond donors (Lipinski definition) is 2. The van der Waals surface area contributed by atoms with E-state index < -0.39 is 0 Å². The Labute approximate surface area is 74.3 Å². The van der Waals surface area contributed by atoms with Gasteiger partial charge >= 0.3 is 0 Å². The highest BCUT2D eigenvalue weighted by molar-refractivity contribution is 5.29.